The number of ether oxygens (including phenoxy) is 1. The van der Waals surface area contributed by atoms with Gasteiger partial charge in [-0.2, -0.15) is 0 Å². The van der Waals surface area contributed by atoms with Crippen molar-refractivity contribution in [1.29, 1.82) is 0 Å². The van der Waals surface area contributed by atoms with Crippen LogP contribution in [0, 0.1) is 0 Å². The molecule has 0 spiro atoms. The summed E-state index contributed by atoms with van der Waals surface area (Å²) in [5.74, 6) is 1.00. The molecule has 3 nitrogen and oxygen atoms in total. The van der Waals surface area contributed by atoms with Crippen molar-refractivity contribution in [2.45, 2.75) is 25.3 Å². The molecular formula is C38H36BN2OSi. The zero-order valence-corrected chi connectivity index (χ0v) is 25.6. The van der Waals surface area contributed by atoms with Crippen LogP contribution < -0.4 is 26.0 Å². The molecular weight excluding hydrogens is 539 g/mol. The number of hydrogen-bond donors (Lipinski definition) is 0. The lowest BCUT2D eigenvalue weighted by Gasteiger charge is -2.35. The van der Waals surface area contributed by atoms with E-state index in [4.69, 9.17) is 9.72 Å². The summed E-state index contributed by atoms with van der Waals surface area (Å²) in [4.78, 5) is 4.93. The van der Waals surface area contributed by atoms with E-state index in [0.717, 1.165) is 30.7 Å². The van der Waals surface area contributed by atoms with Gasteiger partial charge in [0.15, 0.2) is 8.07 Å². The highest BCUT2D eigenvalue weighted by molar-refractivity contribution is 7.10. The maximum absolute atomic E-state index is 5.98. The van der Waals surface area contributed by atoms with E-state index in [-0.39, 0.29) is 5.82 Å². The average Bonchev–Trinajstić information content (AvgIpc) is 3.53. The lowest BCUT2D eigenvalue weighted by atomic mass is 9.58. The maximum Gasteiger partial charge on any atom is 0.215 e. The van der Waals surface area contributed by atoms with Crippen molar-refractivity contribution >= 4 is 36.6 Å². The van der Waals surface area contributed by atoms with Crippen LogP contribution in [-0.4, -0.2) is 31.5 Å². The molecule has 43 heavy (non-hydrogen) atoms. The zero-order valence-electron chi connectivity index (χ0n) is 24.6. The third-order valence-electron chi connectivity index (χ3n) is 8.14. The first-order valence-electron chi connectivity index (χ1n) is 15.1. The quantitative estimate of drug-likeness (QED) is 0.142. The van der Waals surface area contributed by atoms with Gasteiger partial charge in [-0.3, -0.25) is 4.98 Å². The number of rotatable bonds is 12. The Labute approximate surface area is 257 Å². The minimum Gasteiger partial charge on any atom is -0.494 e. The summed E-state index contributed by atoms with van der Waals surface area (Å²) in [6, 6.07) is 52.4. The van der Waals surface area contributed by atoms with Crippen LogP contribution in [0.1, 0.15) is 30.3 Å². The highest BCUT2D eigenvalue weighted by atomic mass is 28.3. The van der Waals surface area contributed by atoms with Crippen molar-refractivity contribution in [2.24, 2.45) is 0 Å². The molecule has 0 amide bonds. The van der Waals surface area contributed by atoms with E-state index in [9.17, 15) is 0 Å². The number of hydrogen-bond acceptors (Lipinski definition) is 2. The fourth-order valence-electron chi connectivity index (χ4n) is 6.00. The van der Waals surface area contributed by atoms with Gasteiger partial charge in [-0.15, -0.1) is 0 Å². The Kier molecular flexibility index (Phi) is 9.00. The van der Waals surface area contributed by atoms with Crippen LogP contribution in [0.15, 0.2) is 158 Å². The van der Waals surface area contributed by atoms with E-state index in [1.54, 1.807) is 0 Å². The monoisotopic (exact) mass is 575 g/mol. The predicted molar refractivity (Wildman–Crippen MR) is 182 cm³/mol. The fraction of sp³-hybridized carbons (Fsp3) is 0.132. The molecule has 6 aromatic rings. The Bertz CT molecular complexity index is 1610. The topological polar surface area (TPSA) is 27.1 Å². The van der Waals surface area contributed by atoms with E-state index in [2.05, 4.69) is 171 Å². The van der Waals surface area contributed by atoms with Crippen LogP contribution >= 0.6 is 0 Å². The minimum atomic E-state index is -2.58. The van der Waals surface area contributed by atoms with Crippen molar-refractivity contribution in [3.8, 4) is 5.75 Å². The predicted octanol–water partition coefficient (Wildman–Crippen LogP) is 5.50. The molecule has 0 atom stereocenters. The van der Waals surface area contributed by atoms with Crippen molar-refractivity contribution in [3.63, 3.8) is 0 Å². The van der Waals surface area contributed by atoms with Gasteiger partial charge in [0.05, 0.1) is 12.3 Å². The highest BCUT2D eigenvalue weighted by Gasteiger charge is 2.40. The van der Waals surface area contributed by atoms with Crippen LogP contribution in [-0.2, 0) is 6.17 Å². The summed E-state index contributed by atoms with van der Waals surface area (Å²) in [5.41, 5.74) is 3.48. The van der Waals surface area contributed by atoms with E-state index in [1.165, 1.54) is 26.7 Å². The SMILES string of the molecule is CCCOc1ccc([Si](Cn2ccnc2[B]C(c2ccccc2)c2ccccc2)(c2ccccc2)c2ccccc2)cc1. The van der Waals surface area contributed by atoms with Gasteiger partial charge >= 0.3 is 0 Å². The summed E-state index contributed by atoms with van der Waals surface area (Å²) in [7, 11) is -0.255. The molecule has 1 radical (unpaired) electrons. The van der Waals surface area contributed by atoms with E-state index in [0.29, 0.717) is 0 Å². The lowest BCUT2D eigenvalue weighted by molar-refractivity contribution is 0.317. The van der Waals surface area contributed by atoms with Gasteiger partial charge in [-0.05, 0) is 51.1 Å². The molecule has 211 valence electrons. The number of benzene rings is 5. The second-order valence-corrected chi connectivity index (χ2v) is 14.7. The molecule has 0 aliphatic carbocycles. The third-order valence-corrected chi connectivity index (χ3v) is 12.9. The molecule has 6 rings (SSSR count). The molecule has 0 unspecified atom stereocenters. The Balaban J connectivity index is 1.46. The highest BCUT2D eigenvalue weighted by Crippen LogP contribution is 2.23. The number of nitrogens with zero attached hydrogens (tertiary/aromatic N) is 2. The second-order valence-electron chi connectivity index (χ2n) is 10.9. The Morgan fingerprint density at radius 2 is 1.14 bits per heavy atom. The van der Waals surface area contributed by atoms with Crippen LogP contribution in [0.4, 0.5) is 0 Å². The summed E-state index contributed by atoms with van der Waals surface area (Å²) in [5, 5.41) is 4.08. The largest absolute Gasteiger partial charge is 0.494 e. The van der Waals surface area contributed by atoms with Gasteiger partial charge in [0.2, 0.25) is 7.28 Å². The first kappa shape index (κ1) is 28.5. The zero-order chi connectivity index (χ0) is 29.3. The minimum absolute atomic E-state index is 0.0862. The van der Waals surface area contributed by atoms with Gasteiger partial charge in [0, 0.05) is 18.6 Å². The number of imidazole rings is 1. The molecule has 1 heterocycles. The molecule has 0 bridgehead atoms. The third kappa shape index (κ3) is 6.28. The average molecular weight is 576 g/mol. The molecule has 0 saturated heterocycles. The standard InChI is InChI=1S/C38H36BN2OSi/c1-2-29-42-33-23-25-36(26-24-33)43(34-19-11-5-12-20-34,35-21-13-6-14-22-35)30-41-28-27-40-38(41)39-37(31-15-7-3-8-16-31)32-17-9-4-10-18-32/h3-28,37H,2,29-30H2,1H3. The Morgan fingerprint density at radius 3 is 1.65 bits per heavy atom. The Hall–Kier alpha value is -4.61. The fourth-order valence-corrected chi connectivity index (χ4v) is 10.6. The smallest absolute Gasteiger partial charge is 0.215 e. The molecule has 0 N–H and O–H groups in total. The van der Waals surface area contributed by atoms with Crippen molar-refractivity contribution < 1.29 is 4.74 Å². The van der Waals surface area contributed by atoms with Gasteiger partial charge in [0.25, 0.3) is 0 Å². The van der Waals surface area contributed by atoms with Crippen molar-refractivity contribution in [2.75, 3.05) is 6.61 Å². The number of aromatic nitrogens is 2. The molecule has 0 fully saturated rings. The second kappa shape index (κ2) is 13.6. The van der Waals surface area contributed by atoms with Crippen LogP contribution in [0.3, 0.4) is 0 Å². The summed E-state index contributed by atoms with van der Waals surface area (Å²) < 4.78 is 8.35. The molecule has 0 aliphatic rings. The molecule has 5 aromatic carbocycles. The van der Waals surface area contributed by atoms with Crippen LogP contribution in [0.2, 0.25) is 0 Å². The summed E-state index contributed by atoms with van der Waals surface area (Å²) in [6.45, 7) is 2.86. The van der Waals surface area contributed by atoms with Gasteiger partial charge in [-0.1, -0.05) is 140 Å². The van der Waals surface area contributed by atoms with Crippen LogP contribution in [0.5, 0.6) is 5.75 Å². The van der Waals surface area contributed by atoms with E-state index < -0.39 is 8.07 Å². The van der Waals surface area contributed by atoms with Crippen LogP contribution in [0.25, 0.3) is 0 Å². The summed E-state index contributed by atoms with van der Waals surface area (Å²) in [6.07, 6.45) is 5.89. The Morgan fingerprint density at radius 1 is 0.651 bits per heavy atom. The van der Waals surface area contributed by atoms with Gasteiger partial charge in [0.1, 0.15) is 5.75 Å². The molecule has 5 heteroatoms. The lowest BCUT2D eigenvalue weighted by Crippen LogP contribution is -2.70. The van der Waals surface area contributed by atoms with Gasteiger partial charge in [-0.25, -0.2) is 0 Å². The maximum atomic E-state index is 5.98. The van der Waals surface area contributed by atoms with E-state index in [1.807, 2.05) is 6.20 Å². The van der Waals surface area contributed by atoms with Gasteiger partial charge < -0.3 is 9.30 Å². The first-order valence-corrected chi connectivity index (χ1v) is 17.3. The summed E-state index contributed by atoms with van der Waals surface area (Å²) >= 11 is 0. The first-order chi connectivity index (χ1) is 21.3. The van der Waals surface area contributed by atoms with Crippen molar-refractivity contribution in [3.05, 3.63) is 169 Å². The van der Waals surface area contributed by atoms with E-state index >= 15 is 0 Å². The molecule has 1 aromatic heterocycles. The molecule has 0 saturated carbocycles. The molecule has 0 aliphatic heterocycles. The van der Waals surface area contributed by atoms with Crippen molar-refractivity contribution in [1.82, 2.24) is 9.55 Å². The normalized spacial score (nSPS) is 11.4.